The number of sulfonamides is 1. The maximum Gasteiger partial charge on any atom is 0.408 e. The first kappa shape index (κ1) is 44.5. The summed E-state index contributed by atoms with van der Waals surface area (Å²) in [7, 11) is -4.02. The SMILES string of the molecule is CCN(CC)c1ccc(-c2nc(O[C@@H]3C[C@H]4C(=O)N[C@]5(C(=O)NS(=O)(=O)C6(C)CC6)C[C@H]5C=CCCCCC[C@H](NC(=O)OC5CCCC5)C(=O)N4C3)c3oc4ccccc4c3n2)cc1. The first-order chi connectivity index (χ1) is 31.3. The van der Waals surface area contributed by atoms with Gasteiger partial charge in [-0.3, -0.25) is 19.1 Å². The van der Waals surface area contributed by atoms with Crippen molar-refractivity contribution < 1.29 is 41.5 Å². The van der Waals surface area contributed by atoms with E-state index in [1.165, 1.54) is 4.90 Å². The largest absolute Gasteiger partial charge is 0.470 e. The van der Waals surface area contributed by atoms with Gasteiger partial charge in [0.05, 0.1) is 11.3 Å². The standard InChI is InChI=1S/C48H59N7O9S/c1-4-54(5-2)32-23-21-30(22-24-32)41-50-39-35-18-13-14-20-38(35)64-40(39)43(51-41)62-34-27-37-42(56)52-48(45(58)53-65(60,61)47(3)25-26-47)28-31(48)15-9-7-6-8-10-19-36(44(57)55(37)29-34)49-46(59)63-33-16-11-12-17-33/h9,13-15,18,20-24,31,33-34,36-37H,4-8,10-12,16-17,19,25-29H2,1-3H3,(H,49,59)(H,52,56)(H,53,58)/t31-,34-,36+,37+,48-/m1/s1. The molecule has 4 heterocycles. The Morgan fingerprint density at radius 2 is 1.69 bits per heavy atom. The van der Waals surface area contributed by atoms with Crippen molar-refractivity contribution in [2.75, 3.05) is 24.5 Å². The van der Waals surface area contributed by atoms with Crippen LogP contribution >= 0.6 is 0 Å². The highest BCUT2D eigenvalue weighted by Gasteiger charge is 2.63. The van der Waals surface area contributed by atoms with Gasteiger partial charge in [0.25, 0.3) is 11.8 Å². The molecular formula is C48H59N7O9S. The monoisotopic (exact) mass is 909 g/mol. The first-order valence-corrected chi connectivity index (χ1v) is 24.8. The second kappa shape index (κ2) is 17.9. The number of amides is 4. The van der Waals surface area contributed by atoms with Gasteiger partial charge in [0, 0.05) is 42.1 Å². The molecule has 17 heteroatoms. The number of benzene rings is 2. The summed E-state index contributed by atoms with van der Waals surface area (Å²) < 4.78 is 46.7. The van der Waals surface area contributed by atoms with E-state index in [1.807, 2.05) is 60.7 Å². The quantitative estimate of drug-likeness (QED) is 0.135. The van der Waals surface area contributed by atoms with E-state index in [4.69, 9.17) is 23.9 Å². The number of carbonyl (C=O) groups excluding carboxylic acids is 4. The second-order valence-corrected chi connectivity index (χ2v) is 20.8. The van der Waals surface area contributed by atoms with Crippen LogP contribution in [-0.4, -0.2) is 101 Å². The van der Waals surface area contributed by atoms with Crippen molar-refractivity contribution in [2.45, 2.75) is 139 Å². The molecule has 5 aliphatic rings. The van der Waals surface area contributed by atoms with Crippen LogP contribution in [0.2, 0.25) is 0 Å². The number of ether oxygens (including phenoxy) is 2. The summed E-state index contributed by atoms with van der Waals surface area (Å²) >= 11 is 0. The number of hydrogen-bond donors (Lipinski definition) is 3. The van der Waals surface area contributed by atoms with E-state index in [9.17, 15) is 27.6 Å². The van der Waals surface area contributed by atoms with Crippen LogP contribution in [0.1, 0.15) is 104 Å². The summed E-state index contributed by atoms with van der Waals surface area (Å²) in [6, 6.07) is 13.3. The highest BCUT2D eigenvalue weighted by Crippen LogP contribution is 2.48. The minimum atomic E-state index is -4.02. The number of allylic oxidation sites excluding steroid dienone is 1. The van der Waals surface area contributed by atoms with Crippen molar-refractivity contribution in [1.82, 2.24) is 30.2 Å². The molecule has 16 nitrogen and oxygen atoms in total. The number of para-hydroxylation sites is 1. The van der Waals surface area contributed by atoms with E-state index in [2.05, 4.69) is 34.1 Å². The first-order valence-electron chi connectivity index (χ1n) is 23.4. The molecule has 0 radical (unpaired) electrons. The third kappa shape index (κ3) is 9.00. The van der Waals surface area contributed by atoms with Crippen molar-refractivity contribution in [3.8, 4) is 17.3 Å². The number of anilines is 1. The van der Waals surface area contributed by atoms with Crippen molar-refractivity contribution in [2.24, 2.45) is 5.92 Å². The molecule has 5 atom stereocenters. The van der Waals surface area contributed by atoms with Crippen molar-refractivity contribution in [3.05, 3.63) is 60.7 Å². The Labute approximate surface area is 379 Å². The van der Waals surface area contributed by atoms with E-state index in [0.29, 0.717) is 54.6 Å². The number of nitrogens with one attached hydrogen (secondary N) is 3. The van der Waals surface area contributed by atoms with Crippen LogP contribution in [0.25, 0.3) is 33.5 Å². The maximum absolute atomic E-state index is 14.9. The smallest absolute Gasteiger partial charge is 0.408 e. The summed E-state index contributed by atoms with van der Waals surface area (Å²) in [4.78, 5) is 70.6. The minimum absolute atomic E-state index is 0.00891. The molecule has 0 spiro atoms. The molecule has 4 amide bonds. The highest BCUT2D eigenvalue weighted by molar-refractivity contribution is 7.91. The van der Waals surface area contributed by atoms with Crippen LogP contribution in [0.5, 0.6) is 5.88 Å². The van der Waals surface area contributed by atoms with Crippen LogP contribution in [-0.2, 0) is 29.1 Å². The lowest BCUT2D eigenvalue weighted by molar-refractivity contribution is -0.141. The molecule has 4 fully saturated rings. The van der Waals surface area contributed by atoms with Crippen LogP contribution in [0.3, 0.4) is 0 Å². The number of alkyl carbamates (subject to hydrolysis) is 1. The van der Waals surface area contributed by atoms with Gasteiger partial charge >= 0.3 is 6.09 Å². The molecule has 0 bridgehead atoms. The van der Waals surface area contributed by atoms with Crippen LogP contribution in [0.15, 0.2) is 65.1 Å². The van der Waals surface area contributed by atoms with Crippen molar-refractivity contribution in [3.63, 3.8) is 0 Å². The number of fused-ring (bicyclic) bond motifs is 5. The normalized spacial score (nSPS) is 25.8. The van der Waals surface area contributed by atoms with Gasteiger partial charge in [0.1, 0.15) is 40.9 Å². The van der Waals surface area contributed by atoms with Gasteiger partial charge in [-0.1, -0.05) is 37.1 Å². The Kier molecular flexibility index (Phi) is 12.3. The molecule has 9 rings (SSSR count). The summed E-state index contributed by atoms with van der Waals surface area (Å²) in [5.41, 5.74) is 1.68. The Bertz CT molecular complexity index is 2600. The van der Waals surface area contributed by atoms with Gasteiger partial charge in [-0.05, 0) is 121 Å². The average Bonchev–Trinajstić information content (AvgIpc) is 3.95. The third-order valence-electron chi connectivity index (χ3n) is 14.1. The fourth-order valence-corrected chi connectivity index (χ4v) is 10.9. The molecule has 3 N–H and O–H groups in total. The van der Waals surface area contributed by atoms with Gasteiger partial charge in [-0.2, -0.15) is 4.98 Å². The molecule has 2 aromatic carbocycles. The van der Waals surface area contributed by atoms with Crippen molar-refractivity contribution in [1.29, 1.82) is 0 Å². The van der Waals surface area contributed by atoms with Crippen LogP contribution in [0.4, 0.5) is 10.5 Å². The minimum Gasteiger partial charge on any atom is -0.470 e. The zero-order valence-electron chi connectivity index (χ0n) is 37.3. The highest BCUT2D eigenvalue weighted by atomic mass is 32.2. The molecule has 2 aromatic heterocycles. The summed E-state index contributed by atoms with van der Waals surface area (Å²) in [6.07, 6.45) is 9.76. The van der Waals surface area contributed by atoms with E-state index in [0.717, 1.165) is 68.3 Å². The van der Waals surface area contributed by atoms with Gasteiger partial charge in [-0.15, -0.1) is 0 Å². The Morgan fingerprint density at radius 1 is 0.954 bits per heavy atom. The molecule has 65 heavy (non-hydrogen) atoms. The number of aromatic nitrogens is 2. The fraction of sp³-hybridized carbons (Fsp3) is 0.542. The van der Waals surface area contributed by atoms with E-state index >= 15 is 0 Å². The van der Waals surface area contributed by atoms with Crippen LogP contribution < -0.4 is 25.0 Å². The zero-order chi connectivity index (χ0) is 45.5. The number of nitrogens with zero attached hydrogens (tertiary/aromatic N) is 4. The molecule has 3 saturated carbocycles. The number of carbonyl (C=O) groups is 4. The van der Waals surface area contributed by atoms with Crippen LogP contribution in [0, 0.1) is 5.92 Å². The topological polar surface area (TPSA) is 202 Å². The molecule has 2 aliphatic heterocycles. The van der Waals surface area contributed by atoms with Gasteiger partial charge in [0.15, 0.2) is 5.82 Å². The third-order valence-corrected chi connectivity index (χ3v) is 16.2. The lowest BCUT2D eigenvalue weighted by Crippen LogP contribution is -2.58. The number of furan rings is 1. The predicted molar refractivity (Wildman–Crippen MR) is 244 cm³/mol. The van der Waals surface area contributed by atoms with E-state index in [1.54, 1.807) is 6.92 Å². The lowest BCUT2D eigenvalue weighted by Gasteiger charge is -2.30. The van der Waals surface area contributed by atoms with Gasteiger partial charge in [0.2, 0.25) is 27.4 Å². The van der Waals surface area contributed by atoms with E-state index < -0.39 is 68.2 Å². The molecule has 1 saturated heterocycles. The molecule has 4 aromatic rings. The fourth-order valence-electron chi connectivity index (χ4n) is 9.62. The Hall–Kier alpha value is -5.71. The predicted octanol–water partition coefficient (Wildman–Crippen LogP) is 6.67. The molecule has 346 valence electrons. The molecular weight excluding hydrogens is 851 g/mol. The summed E-state index contributed by atoms with van der Waals surface area (Å²) in [5, 5.41) is 6.54. The summed E-state index contributed by atoms with van der Waals surface area (Å²) in [5.74, 6) is -1.87. The molecule has 0 unspecified atom stereocenters. The molecule has 3 aliphatic carbocycles. The Balaban J connectivity index is 1.05. The average molecular weight is 910 g/mol. The van der Waals surface area contributed by atoms with Gasteiger partial charge in [-0.25, -0.2) is 18.2 Å². The lowest BCUT2D eigenvalue weighted by atomic mass is 10.0. The second-order valence-electron chi connectivity index (χ2n) is 18.6. The van der Waals surface area contributed by atoms with Crippen molar-refractivity contribution >= 4 is 61.6 Å². The number of hydrogen-bond acceptors (Lipinski definition) is 12. The van der Waals surface area contributed by atoms with Gasteiger partial charge < -0.3 is 34.3 Å². The maximum atomic E-state index is 14.9. The zero-order valence-corrected chi connectivity index (χ0v) is 38.2. The Morgan fingerprint density at radius 3 is 2.43 bits per heavy atom. The van der Waals surface area contributed by atoms with E-state index in [-0.39, 0.29) is 31.4 Å². The number of rotatable bonds is 11. The summed E-state index contributed by atoms with van der Waals surface area (Å²) in [6.45, 7) is 7.44.